The van der Waals surface area contributed by atoms with Gasteiger partial charge in [-0.15, -0.1) is 0 Å². The van der Waals surface area contributed by atoms with Gasteiger partial charge in [0.2, 0.25) is 0 Å². The second kappa shape index (κ2) is 6.91. The monoisotopic (exact) mass is 127 g/mol. The maximum atomic E-state index is 9.38. The Bertz CT molecular complexity index is 56.9. The molecule has 7 heavy (non-hydrogen) atoms. The minimum absolute atomic E-state index is 0. The molecule has 0 fully saturated rings. The molecule has 0 aliphatic rings. The summed E-state index contributed by atoms with van der Waals surface area (Å²) in [6.45, 7) is 2.11. The van der Waals surface area contributed by atoms with Crippen LogP contribution in [0.1, 0.15) is 6.92 Å². The van der Waals surface area contributed by atoms with E-state index in [9.17, 15) is 9.90 Å². The number of hydrogen-bond acceptors (Lipinski definition) is 2. The fourth-order valence-corrected chi connectivity index (χ4v) is 0.144. The summed E-state index contributed by atoms with van der Waals surface area (Å²) in [6, 6.07) is 0. The molecule has 0 unspecified atom stereocenters. The molecule has 3 nitrogen and oxygen atoms in total. The zero-order chi connectivity index (χ0) is 4.99. The third-order valence-corrected chi connectivity index (χ3v) is 0.321. The Morgan fingerprint density at radius 1 is 1.86 bits per heavy atom. The van der Waals surface area contributed by atoms with Crippen LogP contribution in [0.3, 0.4) is 0 Å². The van der Waals surface area contributed by atoms with Crippen LogP contribution in [0.2, 0.25) is 0 Å². The SMILES string of the molecule is CCNC(=O)[O-].[K+]. The van der Waals surface area contributed by atoms with Crippen molar-refractivity contribution in [3.8, 4) is 0 Å². The van der Waals surface area contributed by atoms with Gasteiger partial charge in [-0.1, -0.05) is 0 Å². The first-order chi connectivity index (χ1) is 2.77. The number of amides is 1. The Kier molecular flexibility index (Phi) is 10.7. The number of carbonyl (C=O) groups is 1. The average Bonchev–Trinajstić information content (AvgIpc) is 1.35. The molecule has 1 amide bonds. The van der Waals surface area contributed by atoms with E-state index in [1.165, 1.54) is 0 Å². The second-order valence-corrected chi connectivity index (χ2v) is 0.818. The first kappa shape index (κ1) is 10.8. The second-order valence-electron chi connectivity index (χ2n) is 0.818. The zero-order valence-corrected chi connectivity index (χ0v) is 7.65. The van der Waals surface area contributed by atoms with Crippen molar-refractivity contribution in [1.82, 2.24) is 5.32 Å². The molecule has 4 heteroatoms. The Labute approximate surface area is 84.9 Å². The smallest absolute Gasteiger partial charge is 0.530 e. The van der Waals surface area contributed by atoms with Gasteiger partial charge in [0, 0.05) is 6.54 Å². The van der Waals surface area contributed by atoms with Gasteiger partial charge in [0.25, 0.3) is 0 Å². The number of rotatable bonds is 1. The van der Waals surface area contributed by atoms with Crippen molar-refractivity contribution in [2.24, 2.45) is 0 Å². The molecule has 1 N–H and O–H groups in total. The molecule has 0 spiro atoms. The van der Waals surface area contributed by atoms with Crippen LogP contribution in [0.15, 0.2) is 0 Å². The molecule has 0 rings (SSSR count). The van der Waals surface area contributed by atoms with Crippen LogP contribution in [-0.2, 0) is 0 Å². The third-order valence-electron chi connectivity index (χ3n) is 0.321. The Balaban J connectivity index is 0. The first-order valence-corrected chi connectivity index (χ1v) is 1.72. The van der Waals surface area contributed by atoms with Gasteiger partial charge in [0.05, 0.1) is 0 Å². The fraction of sp³-hybridized carbons (Fsp3) is 0.667. The quantitative estimate of drug-likeness (QED) is 0.364. The molecule has 0 atom stereocenters. The van der Waals surface area contributed by atoms with E-state index in [-0.39, 0.29) is 51.4 Å². The van der Waals surface area contributed by atoms with Crippen LogP contribution in [0.5, 0.6) is 0 Å². The topological polar surface area (TPSA) is 52.2 Å². The van der Waals surface area contributed by atoms with Crippen molar-refractivity contribution in [3.05, 3.63) is 0 Å². The van der Waals surface area contributed by atoms with Gasteiger partial charge < -0.3 is 15.2 Å². The van der Waals surface area contributed by atoms with Crippen LogP contribution >= 0.6 is 0 Å². The minimum atomic E-state index is -1.21. The van der Waals surface area contributed by atoms with Gasteiger partial charge in [0.15, 0.2) is 0 Å². The summed E-state index contributed by atoms with van der Waals surface area (Å²) in [5.74, 6) is 0. The maximum absolute atomic E-state index is 9.38. The summed E-state index contributed by atoms with van der Waals surface area (Å²) < 4.78 is 0. The molecule has 0 heterocycles. The Hall–Kier alpha value is 0.906. The van der Waals surface area contributed by atoms with E-state index >= 15 is 0 Å². The summed E-state index contributed by atoms with van der Waals surface area (Å²) in [5.41, 5.74) is 0. The van der Waals surface area contributed by atoms with E-state index in [0.29, 0.717) is 6.54 Å². The van der Waals surface area contributed by atoms with Gasteiger partial charge >= 0.3 is 51.4 Å². The number of nitrogens with one attached hydrogen (secondary N) is 1. The van der Waals surface area contributed by atoms with Gasteiger partial charge in [0.1, 0.15) is 6.09 Å². The predicted octanol–water partition coefficient (Wildman–Crippen LogP) is -4.06. The molecule has 0 aromatic heterocycles. The van der Waals surface area contributed by atoms with Crippen molar-refractivity contribution in [3.63, 3.8) is 0 Å². The third kappa shape index (κ3) is 10.9. The molecule has 36 valence electrons. The van der Waals surface area contributed by atoms with Crippen molar-refractivity contribution < 1.29 is 61.3 Å². The number of carbonyl (C=O) groups excluding carboxylic acids is 1. The maximum Gasteiger partial charge on any atom is 1.00 e. The molecule has 0 saturated heterocycles. The van der Waals surface area contributed by atoms with Crippen LogP contribution in [-0.4, -0.2) is 12.6 Å². The summed E-state index contributed by atoms with van der Waals surface area (Å²) in [5, 5.41) is 11.4. The molecule has 0 aromatic carbocycles. The van der Waals surface area contributed by atoms with E-state index in [0.717, 1.165) is 0 Å². The Morgan fingerprint density at radius 2 is 2.29 bits per heavy atom. The van der Waals surface area contributed by atoms with Crippen molar-refractivity contribution in [2.75, 3.05) is 6.54 Å². The van der Waals surface area contributed by atoms with E-state index < -0.39 is 6.09 Å². The predicted molar refractivity (Wildman–Crippen MR) is 19.1 cm³/mol. The van der Waals surface area contributed by atoms with Crippen LogP contribution in [0.4, 0.5) is 4.79 Å². The summed E-state index contributed by atoms with van der Waals surface area (Å²) in [6.07, 6.45) is -1.21. The van der Waals surface area contributed by atoms with Gasteiger partial charge in [-0.05, 0) is 6.92 Å². The molecule has 0 aromatic rings. The molecule has 0 radical (unpaired) electrons. The number of hydrogen-bond donors (Lipinski definition) is 1. The fourth-order valence-electron chi connectivity index (χ4n) is 0.144. The standard InChI is InChI=1S/C3H7NO2.K/c1-2-4-3(5)6;/h4H,2H2,1H3,(H,5,6);/q;+1/p-1. The first-order valence-electron chi connectivity index (χ1n) is 1.72. The van der Waals surface area contributed by atoms with E-state index in [2.05, 4.69) is 0 Å². The van der Waals surface area contributed by atoms with E-state index in [4.69, 9.17) is 0 Å². The van der Waals surface area contributed by atoms with Crippen molar-refractivity contribution in [1.29, 1.82) is 0 Å². The van der Waals surface area contributed by atoms with Crippen LogP contribution in [0.25, 0.3) is 0 Å². The normalized spacial score (nSPS) is 6.43. The molecular formula is C3H6KNO2. The minimum Gasteiger partial charge on any atom is -0.530 e. The largest absolute Gasteiger partial charge is 1.00 e. The van der Waals surface area contributed by atoms with Gasteiger partial charge in [-0.25, -0.2) is 0 Å². The van der Waals surface area contributed by atoms with E-state index in [1.54, 1.807) is 6.92 Å². The summed E-state index contributed by atoms with van der Waals surface area (Å²) in [7, 11) is 0. The van der Waals surface area contributed by atoms with Crippen LogP contribution in [0, 0.1) is 0 Å². The zero-order valence-electron chi connectivity index (χ0n) is 4.52. The summed E-state index contributed by atoms with van der Waals surface area (Å²) >= 11 is 0. The average molecular weight is 127 g/mol. The summed E-state index contributed by atoms with van der Waals surface area (Å²) in [4.78, 5) is 9.38. The van der Waals surface area contributed by atoms with Crippen LogP contribution < -0.4 is 61.8 Å². The van der Waals surface area contributed by atoms with Crippen molar-refractivity contribution in [2.45, 2.75) is 6.92 Å². The van der Waals surface area contributed by atoms with E-state index in [1.807, 2.05) is 5.32 Å². The molecule has 0 aliphatic carbocycles. The van der Waals surface area contributed by atoms with Gasteiger partial charge in [-0.2, -0.15) is 0 Å². The number of carboxylic acid groups (broad SMARTS) is 1. The Morgan fingerprint density at radius 3 is 2.29 bits per heavy atom. The molecule has 0 saturated carbocycles. The molecule has 0 aliphatic heterocycles. The molecular weight excluding hydrogens is 121 g/mol. The molecule has 0 bridgehead atoms. The van der Waals surface area contributed by atoms with Gasteiger partial charge in [-0.3, -0.25) is 0 Å². The van der Waals surface area contributed by atoms with Crippen molar-refractivity contribution >= 4 is 6.09 Å².